The van der Waals surface area contributed by atoms with Gasteiger partial charge in [0.05, 0.1) is 0 Å². The molecule has 3 nitrogen and oxygen atoms in total. The Bertz CT molecular complexity index is 544. The average Bonchev–Trinajstić information content (AvgIpc) is 2.66. The number of thiophene rings is 2. The van der Waals surface area contributed by atoms with Gasteiger partial charge in [0.25, 0.3) is 0 Å². The summed E-state index contributed by atoms with van der Waals surface area (Å²) in [6, 6.07) is 0. The molecule has 15 heavy (non-hydrogen) atoms. The van der Waals surface area contributed by atoms with Gasteiger partial charge in [0.1, 0.15) is 0 Å². The van der Waals surface area contributed by atoms with E-state index in [1.165, 1.54) is 20.7 Å². The molecule has 2 aromatic heterocycles. The third kappa shape index (κ3) is 1.61. The van der Waals surface area contributed by atoms with Crippen molar-refractivity contribution in [2.24, 2.45) is 0 Å². The fourth-order valence-electron chi connectivity index (χ4n) is 1.49. The number of aryl methyl sites for hydroxylation is 2. The molecule has 0 radical (unpaired) electrons. The van der Waals surface area contributed by atoms with E-state index in [4.69, 9.17) is 0 Å². The second-order valence-corrected chi connectivity index (χ2v) is 7.48. The maximum atomic E-state index is 10.8. The summed E-state index contributed by atoms with van der Waals surface area (Å²) in [5.74, 6) is 2.18. The molecule has 0 spiro atoms. The van der Waals surface area contributed by atoms with Crippen molar-refractivity contribution in [2.45, 2.75) is 19.7 Å². The molecule has 0 unspecified atom stereocenters. The van der Waals surface area contributed by atoms with E-state index in [1.807, 2.05) is 6.92 Å². The number of hydrogen-bond acceptors (Lipinski definition) is 4. The first kappa shape index (κ1) is 11.1. The molecular formula is C9H9NO2S2Se. The Morgan fingerprint density at radius 1 is 1.20 bits per heavy atom. The Labute approximate surface area is 101 Å². The summed E-state index contributed by atoms with van der Waals surface area (Å²) in [6.07, 6.45) is 0. The summed E-state index contributed by atoms with van der Waals surface area (Å²) in [6.45, 7) is 3.92. The predicted molar refractivity (Wildman–Crippen MR) is 67.1 cm³/mol. The summed E-state index contributed by atoms with van der Waals surface area (Å²) in [4.78, 5) is 10.5. The van der Waals surface area contributed by atoms with Crippen molar-refractivity contribution in [1.82, 2.24) is 0 Å². The number of fused-ring (bicyclic) bond motifs is 1. The molecule has 80 valence electrons. The van der Waals surface area contributed by atoms with Gasteiger partial charge in [-0.15, -0.1) is 0 Å². The zero-order valence-corrected chi connectivity index (χ0v) is 11.8. The van der Waals surface area contributed by atoms with Crippen LogP contribution in [0.4, 0.5) is 5.00 Å². The predicted octanol–water partition coefficient (Wildman–Crippen LogP) is 2.87. The van der Waals surface area contributed by atoms with E-state index < -0.39 is 0 Å². The minimum absolute atomic E-state index is 0.275. The van der Waals surface area contributed by atoms with Crippen LogP contribution in [0.3, 0.4) is 0 Å². The zero-order valence-electron chi connectivity index (χ0n) is 8.49. The molecule has 2 aromatic rings. The topological polar surface area (TPSA) is 43.1 Å². The molecule has 0 saturated heterocycles. The summed E-state index contributed by atoms with van der Waals surface area (Å²) < 4.78 is 3.63. The molecule has 2 rings (SSSR count). The quantitative estimate of drug-likeness (QED) is 0.486. The monoisotopic (exact) mass is 307 g/mol. The molecule has 0 N–H and O–H groups in total. The van der Waals surface area contributed by atoms with E-state index in [-0.39, 0.29) is 4.92 Å². The molecule has 0 aliphatic carbocycles. The van der Waals surface area contributed by atoms with Gasteiger partial charge in [0, 0.05) is 0 Å². The third-order valence-corrected chi connectivity index (χ3v) is 7.77. The fraction of sp³-hybridized carbons (Fsp3) is 0.333. The van der Waals surface area contributed by atoms with Gasteiger partial charge in [-0.05, 0) is 0 Å². The van der Waals surface area contributed by atoms with Crippen LogP contribution in [-0.4, -0.2) is 19.9 Å². The van der Waals surface area contributed by atoms with E-state index in [1.54, 1.807) is 11.3 Å². The van der Waals surface area contributed by atoms with Crippen LogP contribution in [0.15, 0.2) is 0 Å². The molecule has 0 aliphatic heterocycles. The molecule has 0 fully saturated rings. The van der Waals surface area contributed by atoms with Gasteiger partial charge >= 0.3 is 102 Å². The van der Waals surface area contributed by atoms with Crippen molar-refractivity contribution in [1.29, 1.82) is 0 Å². The zero-order chi connectivity index (χ0) is 11.2. The number of nitrogens with zero attached hydrogens (tertiary/aromatic N) is 1. The van der Waals surface area contributed by atoms with Gasteiger partial charge in [0.2, 0.25) is 0 Å². The van der Waals surface area contributed by atoms with Crippen molar-refractivity contribution < 1.29 is 4.92 Å². The van der Waals surface area contributed by atoms with Crippen LogP contribution >= 0.6 is 22.7 Å². The number of hydrogen-bond donors (Lipinski definition) is 0. The van der Waals surface area contributed by atoms with Gasteiger partial charge in [-0.25, -0.2) is 0 Å². The van der Waals surface area contributed by atoms with Gasteiger partial charge in [-0.1, -0.05) is 0 Å². The molecule has 2 heterocycles. The van der Waals surface area contributed by atoms with Crippen molar-refractivity contribution in [3.8, 4) is 0 Å². The van der Waals surface area contributed by atoms with E-state index in [0.717, 1.165) is 15.0 Å². The number of nitro groups is 1. The SMILES string of the molecule is C[Se]c1sc2c(C)c([N+](=O)[O-])sc2c1C. The van der Waals surface area contributed by atoms with Gasteiger partial charge in [-0.3, -0.25) is 0 Å². The molecule has 0 bridgehead atoms. The van der Waals surface area contributed by atoms with Crippen LogP contribution in [0, 0.1) is 24.0 Å². The Morgan fingerprint density at radius 2 is 1.80 bits per heavy atom. The van der Waals surface area contributed by atoms with Crippen molar-refractivity contribution in [3.63, 3.8) is 0 Å². The minimum atomic E-state index is -0.275. The van der Waals surface area contributed by atoms with Crippen molar-refractivity contribution in [3.05, 3.63) is 21.2 Å². The molecule has 0 amide bonds. The first-order chi connectivity index (χ1) is 7.06. The van der Waals surface area contributed by atoms with E-state index in [2.05, 4.69) is 12.7 Å². The van der Waals surface area contributed by atoms with E-state index in [9.17, 15) is 10.1 Å². The first-order valence-electron chi connectivity index (χ1n) is 4.27. The van der Waals surface area contributed by atoms with Crippen LogP contribution < -0.4 is 3.78 Å². The molecule has 0 atom stereocenters. The van der Waals surface area contributed by atoms with E-state index >= 15 is 0 Å². The van der Waals surface area contributed by atoms with Gasteiger partial charge in [-0.2, -0.15) is 0 Å². The first-order valence-corrected chi connectivity index (χ1v) is 8.47. The summed E-state index contributed by atoms with van der Waals surface area (Å²) in [5, 5.41) is 11.1. The van der Waals surface area contributed by atoms with Crippen molar-refractivity contribution in [2.75, 3.05) is 0 Å². The Balaban J connectivity index is 2.76. The molecule has 0 saturated carbocycles. The Kier molecular flexibility index (Phi) is 2.85. The molecule has 0 aromatic carbocycles. The maximum absolute atomic E-state index is 10.8. The molecule has 6 heteroatoms. The Morgan fingerprint density at radius 3 is 2.27 bits per heavy atom. The summed E-state index contributed by atoms with van der Waals surface area (Å²) in [7, 11) is 0. The standard InChI is InChI=1S/C9H9NO2S2Se/c1-4-6-7(13-8(4)10(11)12)5(2)9(14-6)15-3/h1-3H3. The van der Waals surface area contributed by atoms with Crippen LogP contribution in [0.1, 0.15) is 11.1 Å². The van der Waals surface area contributed by atoms with Gasteiger partial charge < -0.3 is 0 Å². The Hall–Kier alpha value is -0.421. The molecular weight excluding hydrogens is 297 g/mol. The van der Waals surface area contributed by atoms with Gasteiger partial charge in [0.15, 0.2) is 0 Å². The third-order valence-electron chi connectivity index (χ3n) is 2.26. The molecule has 0 aliphatic rings. The fourth-order valence-corrected chi connectivity index (χ4v) is 5.96. The van der Waals surface area contributed by atoms with E-state index in [0.29, 0.717) is 20.0 Å². The van der Waals surface area contributed by atoms with Crippen LogP contribution in [0.5, 0.6) is 0 Å². The van der Waals surface area contributed by atoms with Crippen LogP contribution in [0.2, 0.25) is 5.82 Å². The average molecular weight is 306 g/mol. The second-order valence-electron chi connectivity index (χ2n) is 3.17. The number of rotatable bonds is 2. The summed E-state index contributed by atoms with van der Waals surface area (Å²) >= 11 is 3.52. The van der Waals surface area contributed by atoms with Crippen LogP contribution in [-0.2, 0) is 0 Å². The van der Waals surface area contributed by atoms with Crippen LogP contribution in [0.25, 0.3) is 9.40 Å². The summed E-state index contributed by atoms with van der Waals surface area (Å²) in [5.41, 5.74) is 2.09. The normalized spacial score (nSPS) is 11.1. The second kappa shape index (κ2) is 3.86. The van der Waals surface area contributed by atoms with Crippen molar-refractivity contribution >= 4 is 55.8 Å².